The zero-order valence-corrected chi connectivity index (χ0v) is 16.7. The molecule has 4 heteroatoms. The van der Waals surface area contributed by atoms with Crippen LogP contribution in [0.5, 0.6) is 5.75 Å². The summed E-state index contributed by atoms with van der Waals surface area (Å²) in [5, 5.41) is 5.90. The largest absolute Gasteiger partial charge is 0.493 e. The third-order valence-electron chi connectivity index (χ3n) is 4.79. The fourth-order valence-electron chi connectivity index (χ4n) is 3.20. The Balaban J connectivity index is 1.71. The van der Waals surface area contributed by atoms with Crippen LogP contribution in [0.1, 0.15) is 51.5 Å². The summed E-state index contributed by atoms with van der Waals surface area (Å²) < 4.78 is 6.00. The normalized spacial score (nSPS) is 15.2. The van der Waals surface area contributed by atoms with E-state index in [4.69, 9.17) is 4.74 Å². The number of nitrogens with zero attached hydrogens (tertiary/aromatic N) is 2. The Morgan fingerprint density at radius 2 is 1.68 bits per heavy atom. The quantitative estimate of drug-likeness (QED) is 0.407. The number of amides is 1. The zero-order valence-electron chi connectivity index (χ0n) is 16.7. The lowest BCUT2D eigenvalue weighted by molar-refractivity contribution is -0.114. The molecule has 1 aliphatic heterocycles. The first-order valence-electron chi connectivity index (χ1n) is 10.1. The van der Waals surface area contributed by atoms with Crippen LogP contribution in [0, 0.1) is 0 Å². The lowest BCUT2D eigenvalue weighted by Crippen LogP contribution is -2.21. The molecule has 0 radical (unpaired) electrons. The second kappa shape index (κ2) is 9.88. The first-order chi connectivity index (χ1) is 13.7. The van der Waals surface area contributed by atoms with Gasteiger partial charge in [0.1, 0.15) is 5.75 Å². The van der Waals surface area contributed by atoms with Crippen molar-refractivity contribution in [1.29, 1.82) is 0 Å². The van der Waals surface area contributed by atoms with Crippen molar-refractivity contribution >= 4 is 23.4 Å². The summed E-state index contributed by atoms with van der Waals surface area (Å²) in [6.45, 7) is 4.78. The third-order valence-corrected chi connectivity index (χ3v) is 4.79. The Morgan fingerprint density at radius 1 is 0.964 bits per heavy atom. The van der Waals surface area contributed by atoms with E-state index in [-0.39, 0.29) is 5.91 Å². The van der Waals surface area contributed by atoms with Crippen LogP contribution in [-0.2, 0) is 4.79 Å². The molecule has 0 aliphatic carbocycles. The number of carbonyl (C=O) groups is 1. The van der Waals surface area contributed by atoms with E-state index in [1.165, 1.54) is 30.7 Å². The van der Waals surface area contributed by atoms with Crippen molar-refractivity contribution in [1.82, 2.24) is 0 Å². The van der Waals surface area contributed by atoms with Gasteiger partial charge in [0.25, 0.3) is 5.91 Å². The first-order valence-corrected chi connectivity index (χ1v) is 10.1. The SMILES string of the molecule is CCCCCCCOc1ccccc1C=C1C(=O)N(c2ccccc2)N=C1C. The van der Waals surface area contributed by atoms with Crippen molar-refractivity contribution in [2.24, 2.45) is 5.10 Å². The van der Waals surface area contributed by atoms with Crippen LogP contribution >= 0.6 is 0 Å². The number of ether oxygens (including phenoxy) is 1. The molecule has 146 valence electrons. The number of hydrogen-bond acceptors (Lipinski definition) is 3. The second-order valence-electron chi connectivity index (χ2n) is 7.00. The summed E-state index contributed by atoms with van der Waals surface area (Å²) in [7, 11) is 0. The molecular weight excluding hydrogens is 348 g/mol. The number of benzene rings is 2. The zero-order chi connectivity index (χ0) is 19.8. The summed E-state index contributed by atoms with van der Waals surface area (Å²) in [6.07, 6.45) is 7.90. The Bertz CT molecular complexity index is 856. The predicted octanol–water partition coefficient (Wildman–Crippen LogP) is 5.84. The fourth-order valence-corrected chi connectivity index (χ4v) is 3.20. The first kappa shape index (κ1) is 19.9. The van der Waals surface area contributed by atoms with Crippen molar-refractivity contribution in [2.75, 3.05) is 11.6 Å². The van der Waals surface area contributed by atoms with Gasteiger partial charge in [-0.25, -0.2) is 0 Å². The van der Waals surface area contributed by atoms with Crippen molar-refractivity contribution in [3.05, 3.63) is 65.7 Å². The number of para-hydroxylation sites is 2. The number of carbonyl (C=O) groups excluding carboxylic acids is 1. The van der Waals surface area contributed by atoms with Crippen LogP contribution in [-0.4, -0.2) is 18.2 Å². The maximum atomic E-state index is 12.9. The number of hydrogen-bond donors (Lipinski definition) is 0. The number of hydrazone groups is 1. The van der Waals surface area contributed by atoms with E-state index in [0.717, 1.165) is 23.4 Å². The molecule has 1 amide bonds. The average Bonchev–Trinajstić information content (AvgIpc) is 3.00. The van der Waals surface area contributed by atoms with Gasteiger partial charge in [0.2, 0.25) is 0 Å². The highest BCUT2D eigenvalue weighted by Gasteiger charge is 2.28. The van der Waals surface area contributed by atoms with Crippen LogP contribution in [0.15, 0.2) is 65.3 Å². The Labute approximate surface area is 167 Å². The summed E-state index contributed by atoms with van der Waals surface area (Å²) in [4.78, 5) is 12.9. The van der Waals surface area contributed by atoms with E-state index < -0.39 is 0 Å². The monoisotopic (exact) mass is 376 g/mol. The molecule has 1 heterocycles. The van der Waals surface area contributed by atoms with Crippen molar-refractivity contribution < 1.29 is 9.53 Å². The highest BCUT2D eigenvalue weighted by molar-refractivity contribution is 6.32. The van der Waals surface area contributed by atoms with Gasteiger partial charge in [0.15, 0.2) is 0 Å². The molecule has 0 spiro atoms. The van der Waals surface area contributed by atoms with Gasteiger partial charge in [0, 0.05) is 5.56 Å². The molecule has 0 fully saturated rings. The third kappa shape index (κ3) is 4.89. The lowest BCUT2D eigenvalue weighted by atomic mass is 10.1. The van der Waals surface area contributed by atoms with Gasteiger partial charge in [-0.3, -0.25) is 4.79 Å². The molecular formula is C24H28N2O2. The minimum atomic E-state index is -0.113. The highest BCUT2D eigenvalue weighted by atomic mass is 16.5. The van der Waals surface area contributed by atoms with Crippen molar-refractivity contribution in [3.8, 4) is 5.75 Å². The van der Waals surface area contributed by atoms with Gasteiger partial charge < -0.3 is 4.74 Å². The summed E-state index contributed by atoms with van der Waals surface area (Å²) in [5.41, 5.74) is 2.99. The maximum Gasteiger partial charge on any atom is 0.280 e. The van der Waals surface area contributed by atoms with E-state index in [1.54, 1.807) is 0 Å². The number of rotatable bonds is 9. The molecule has 1 aliphatic rings. The molecule has 0 saturated carbocycles. The van der Waals surface area contributed by atoms with E-state index in [0.29, 0.717) is 17.9 Å². The minimum Gasteiger partial charge on any atom is -0.493 e. The van der Waals surface area contributed by atoms with Gasteiger partial charge in [-0.2, -0.15) is 10.1 Å². The van der Waals surface area contributed by atoms with Gasteiger partial charge in [0.05, 0.1) is 23.6 Å². The second-order valence-corrected chi connectivity index (χ2v) is 7.00. The van der Waals surface area contributed by atoms with Gasteiger partial charge >= 0.3 is 0 Å². The molecule has 0 N–H and O–H groups in total. The van der Waals surface area contributed by atoms with Crippen LogP contribution in [0.25, 0.3) is 6.08 Å². The molecule has 28 heavy (non-hydrogen) atoms. The summed E-state index contributed by atoms with van der Waals surface area (Å²) >= 11 is 0. The topological polar surface area (TPSA) is 41.9 Å². The van der Waals surface area contributed by atoms with E-state index in [1.807, 2.05) is 67.6 Å². The lowest BCUT2D eigenvalue weighted by Gasteiger charge is -2.12. The minimum absolute atomic E-state index is 0.113. The van der Waals surface area contributed by atoms with E-state index in [2.05, 4.69) is 12.0 Å². The van der Waals surface area contributed by atoms with E-state index >= 15 is 0 Å². The Morgan fingerprint density at radius 3 is 2.46 bits per heavy atom. The summed E-state index contributed by atoms with van der Waals surface area (Å²) in [6, 6.07) is 17.3. The fraction of sp³-hybridized carbons (Fsp3) is 0.333. The molecule has 4 nitrogen and oxygen atoms in total. The molecule has 0 unspecified atom stereocenters. The Hall–Kier alpha value is -2.88. The maximum absolute atomic E-state index is 12.9. The molecule has 2 aromatic carbocycles. The van der Waals surface area contributed by atoms with Crippen LogP contribution in [0.2, 0.25) is 0 Å². The molecule has 0 bridgehead atoms. The molecule has 3 rings (SSSR count). The van der Waals surface area contributed by atoms with Crippen LogP contribution in [0.3, 0.4) is 0 Å². The predicted molar refractivity (Wildman–Crippen MR) is 116 cm³/mol. The van der Waals surface area contributed by atoms with Crippen molar-refractivity contribution in [3.63, 3.8) is 0 Å². The van der Waals surface area contributed by atoms with Crippen LogP contribution < -0.4 is 9.75 Å². The average molecular weight is 377 g/mol. The molecule has 2 aromatic rings. The number of anilines is 1. The van der Waals surface area contributed by atoms with Crippen LogP contribution in [0.4, 0.5) is 5.69 Å². The van der Waals surface area contributed by atoms with Gasteiger partial charge in [-0.15, -0.1) is 0 Å². The molecule has 0 atom stereocenters. The smallest absolute Gasteiger partial charge is 0.280 e. The number of unbranched alkanes of at least 4 members (excludes halogenated alkanes) is 4. The van der Waals surface area contributed by atoms with Gasteiger partial charge in [-0.05, 0) is 37.6 Å². The summed E-state index contributed by atoms with van der Waals surface area (Å²) in [5.74, 6) is 0.697. The van der Waals surface area contributed by atoms with Crippen molar-refractivity contribution in [2.45, 2.75) is 46.0 Å². The highest BCUT2D eigenvalue weighted by Crippen LogP contribution is 2.27. The Kier molecular flexibility index (Phi) is 7.01. The standard InChI is InChI=1S/C24H28N2O2/c1-3-4-5-6-12-17-28-23-16-11-10-13-20(23)18-22-19(2)25-26(24(22)27)21-14-8-7-9-15-21/h7-11,13-16,18H,3-6,12,17H2,1-2H3. The molecule has 0 saturated heterocycles. The molecule has 0 aromatic heterocycles. The van der Waals surface area contributed by atoms with Gasteiger partial charge in [-0.1, -0.05) is 69.0 Å². The van der Waals surface area contributed by atoms with E-state index in [9.17, 15) is 4.79 Å².